The van der Waals surface area contributed by atoms with E-state index in [2.05, 4.69) is 18.0 Å². The molecule has 0 aliphatic carbocycles. The maximum Gasteiger partial charge on any atom is 0.306 e. The maximum absolute atomic E-state index is 11.9. The number of carbonyl (C=O) groups is 1. The predicted octanol–water partition coefficient (Wildman–Crippen LogP) is 3.15. The fourth-order valence-corrected chi connectivity index (χ4v) is 2.89. The summed E-state index contributed by atoms with van der Waals surface area (Å²) in [5.41, 5.74) is 1.10. The van der Waals surface area contributed by atoms with Crippen molar-refractivity contribution < 1.29 is 14.6 Å². The Kier molecular flexibility index (Phi) is 5.75. The van der Waals surface area contributed by atoms with Crippen LogP contribution in [0.15, 0.2) is 41.4 Å². The predicted molar refractivity (Wildman–Crippen MR) is 87.1 cm³/mol. The minimum absolute atomic E-state index is 0.132. The number of dihydropyridines is 1. The molecule has 2 rings (SSSR count). The molecule has 0 fully saturated rings. The monoisotopic (exact) mass is 301 g/mol. The third kappa shape index (κ3) is 4.45. The number of hydrogen-bond donors (Lipinski definition) is 1. The molecule has 0 radical (unpaired) electrons. The van der Waals surface area contributed by atoms with E-state index in [1.165, 1.54) is 0 Å². The smallest absolute Gasteiger partial charge is 0.306 e. The van der Waals surface area contributed by atoms with Gasteiger partial charge in [0.25, 0.3) is 0 Å². The SMILES string of the molecule is CCOC(=O)C[C@H](Cc1ccc(O)cc1)C1C=CC=NC1C. The molecular weight excluding hydrogens is 278 g/mol. The van der Waals surface area contributed by atoms with E-state index in [-0.39, 0.29) is 29.6 Å². The molecule has 0 bridgehead atoms. The van der Waals surface area contributed by atoms with E-state index >= 15 is 0 Å². The highest BCUT2D eigenvalue weighted by Gasteiger charge is 2.28. The Morgan fingerprint density at radius 2 is 2.09 bits per heavy atom. The Hall–Kier alpha value is -2.10. The number of allylic oxidation sites excluding steroid dienone is 1. The number of aromatic hydroxyl groups is 1. The zero-order chi connectivity index (χ0) is 15.9. The molecule has 1 heterocycles. The first-order valence-corrected chi connectivity index (χ1v) is 7.73. The lowest BCUT2D eigenvalue weighted by atomic mass is 9.79. The van der Waals surface area contributed by atoms with Gasteiger partial charge in [0.05, 0.1) is 12.6 Å². The molecular formula is C18H23NO3. The molecule has 0 saturated carbocycles. The molecule has 1 aromatic carbocycles. The zero-order valence-electron chi connectivity index (χ0n) is 13.1. The van der Waals surface area contributed by atoms with Crippen LogP contribution in [0.25, 0.3) is 0 Å². The first kappa shape index (κ1) is 16.3. The van der Waals surface area contributed by atoms with Crippen molar-refractivity contribution in [2.45, 2.75) is 32.7 Å². The average molecular weight is 301 g/mol. The summed E-state index contributed by atoms with van der Waals surface area (Å²) in [6.07, 6.45) is 7.02. The van der Waals surface area contributed by atoms with Crippen molar-refractivity contribution in [1.82, 2.24) is 0 Å². The molecule has 1 aromatic rings. The number of carbonyl (C=O) groups excluding carboxylic acids is 1. The molecule has 22 heavy (non-hydrogen) atoms. The van der Waals surface area contributed by atoms with E-state index in [1.807, 2.05) is 31.3 Å². The zero-order valence-corrected chi connectivity index (χ0v) is 13.1. The van der Waals surface area contributed by atoms with Crippen LogP contribution in [0.3, 0.4) is 0 Å². The third-order valence-corrected chi connectivity index (χ3v) is 4.01. The highest BCUT2D eigenvalue weighted by Crippen LogP contribution is 2.29. The second-order valence-electron chi connectivity index (χ2n) is 5.64. The Morgan fingerprint density at radius 1 is 1.36 bits per heavy atom. The van der Waals surface area contributed by atoms with Crippen LogP contribution in [0.1, 0.15) is 25.8 Å². The summed E-state index contributed by atoms with van der Waals surface area (Å²) >= 11 is 0. The summed E-state index contributed by atoms with van der Waals surface area (Å²) in [7, 11) is 0. The topological polar surface area (TPSA) is 58.9 Å². The number of aliphatic imine (C=N–C) groups is 1. The van der Waals surface area contributed by atoms with Gasteiger partial charge in [-0.3, -0.25) is 9.79 Å². The van der Waals surface area contributed by atoms with Crippen molar-refractivity contribution >= 4 is 12.2 Å². The quantitative estimate of drug-likeness (QED) is 0.821. The Morgan fingerprint density at radius 3 is 2.73 bits per heavy atom. The summed E-state index contributed by atoms with van der Waals surface area (Å²) in [5, 5.41) is 9.39. The van der Waals surface area contributed by atoms with Gasteiger partial charge in [0.1, 0.15) is 5.75 Å². The fraction of sp³-hybridized carbons (Fsp3) is 0.444. The van der Waals surface area contributed by atoms with Crippen LogP contribution in [0.5, 0.6) is 5.75 Å². The van der Waals surface area contributed by atoms with Crippen molar-refractivity contribution in [1.29, 1.82) is 0 Å². The van der Waals surface area contributed by atoms with Crippen LogP contribution in [0.4, 0.5) is 0 Å². The normalized spacial score (nSPS) is 21.5. The molecule has 1 aliphatic heterocycles. The van der Waals surface area contributed by atoms with Gasteiger partial charge in [0.2, 0.25) is 0 Å². The van der Waals surface area contributed by atoms with Crippen LogP contribution >= 0.6 is 0 Å². The minimum Gasteiger partial charge on any atom is -0.508 e. The maximum atomic E-state index is 11.9. The third-order valence-electron chi connectivity index (χ3n) is 4.01. The summed E-state index contributed by atoms with van der Waals surface area (Å²) in [5.74, 6) is 0.429. The van der Waals surface area contributed by atoms with Crippen LogP contribution in [-0.4, -0.2) is 29.9 Å². The van der Waals surface area contributed by atoms with Gasteiger partial charge in [-0.05, 0) is 50.0 Å². The van der Waals surface area contributed by atoms with Gasteiger partial charge in [0.15, 0.2) is 0 Å². The molecule has 2 unspecified atom stereocenters. The van der Waals surface area contributed by atoms with Crippen molar-refractivity contribution in [2.75, 3.05) is 6.61 Å². The van der Waals surface area contributed by atoms with Crippen molar-refractivity contribution in [3.05, 3.63) is 42.0 Å². The van der Waals surface area contributed by atoms with Crippen LogP contribution in [0, 0.1) is 11.8 Å². The Balaban J connectivity index is 2.13. The van der Waals surface area contributed by atoms with Gasteiger partial charge < -0.3 is 9.84 Å². The van der Waals surface area contributed by atoms with Crippen molar-refractivity contribution in [3.8, 4) is 5.75 Å². The molecule has 1 N–H and O–H groups in total. The average Bonchev–Trinajstić information content (AvgIpc) is 2.49. The van der Waals surface area contributed by atoms with Gasteiger partial charge in [-0.1, -0.05) is 18.2 Å². The first-order chi connectivity index (χ1) is 10.6. The van der Waals surface area contributed by atoms with E-state index in [9.17, 15) is 9.90 Å². The molecule has 0 saturated heterocycles. The van der Waals surface area contributed by atoms with E-state index in [1.54, 1.807) is 12.1 Å². The molecule has 0 amide bonds. The molecule has 1 aliphatic rings. The number of nitrogens with zero attached hydrogens (tertiary/aromatic N) is 1. The lowest BCUT2D eigenvalue weighted by molar-refractivity contribution is -0.144. The van der Waals surface area contributed by atoms with Crippen molar-refractivity contribution in [2.24, 2.45) is 16.8 Å². The number of hydrogen-bond acceptors (Lipinski definition) is 4. The molecule has 4 heteroatoms. The minimum atomic E-state index is -0.165. The van der Waals surface area contributed by atoms with E-state index < -0.39 is 0 Å². The first-order valence-electron chi connectivity index (χ1n) is 7.73. The summed E-state index contributed by atoms with van der Waals surface area (Å²) in [4.78, 5) is 16.4. The van der Waals surface area contributed by atoms with Crippen LogP contribution in [0.2, 0.25) is 0 Å². The standard InChI is InChI=1S/C18H23NO3/c1-3-22-18(21)12-15(17-5-4-10-19-13(17)2)11-14-6-8-16(20)9-7-14/h4-10,13,15,17,20H,3,11-12H2,1-2H3/t13?,15-,17?/m0/s1. The van der Waals surface area contributed by atoms with Gasteiger partial charge in [-0.15, -0.1) is 0 Å². The van der Waals surface area contributed by atoms with Gasteiger partial charge in [-0.25, -0.2) is 0 Å². The fourth-order valence-electron chi connectivity index (χ4n) is 2.89. The number of benzene rings is 1. The van der Waals surface area contributed by atoms with E-state index in [0.717, 1.165) is 12.0 Å². The Labute approximate surface area is 131 Å². The molecule has 0 spiro atoms. The number of phenolic OH excluding ortho intramolecular Hbond substituents is 1. The lowest BCUT2D eigenvalue weighted by Gasteiger charge is -2.28. The van der Waals surface area contributed by atoms with Gasteiger partial charge in [0, 0.05) is 18.6 Å². The van der Waals surface area contributed by atoms with Crippen LogP contribution < -0.4 is 0 Å². The number of ether oxygens (including phenoxy) is 1. The van der Waals surface area contributed by atoms with Crippen LogP contribution in [-0.2, 0) is 16.0 Å². The molecule has 0 aromatic heterocycles. The Bertz CT molecular complexity index is 548. The van der Waals surface area contributed by atoms with E-state index in [4.69, 9.17) is 4.74 Å². The number of rotatable bonds is 6. The summed E-state index contributed by atoms with van der Waals surface area (Å²) in [6, 6.07) is 7.30. The highest BCUT2D eigenvalue weighted by molar-refractivity contribution is 5.73. The van der Waals surface area contributed by atoms with Crippen molar-refractivity contribution in [3.63, 3.8) is 0 Å². The number of esters is 1. The summed E-state index contributed by atoms with van der Waals surface area (Å²) < 4.78 is 5.11. The largest absolute Gasteiger partial charge is 0.508 e. The highest BCUT2D eigenvalue weighted by atomic mass is 16.5. The summed E-state index contributed by atoms with van der Waals surface area (Å²) in [6.45, 7) is 4.29. The van der Waals surface area contributed by atoms with Gasteiger partial charge >= 0.3 is 5.97 Å². The second-order valence-corrected chi connectivity index (χ2v) is 5.64. The molecule has 4 nitrogen and oxygen atoms in total. The number of phenols is 1. The van der Waals surface area contributed by atoms with E-state index in [0.29, 0.717) is 13.0 Å². The molecule has 3 atom stereocenters. The van der Waals surface area contributed by atoms with Gasteiger partial charge in [-0.2, -0.15) is 0 Å². The second kappa shape index (κ2) is 7.78. The molecule has 118 valence electrons. The lowest BCUT2D eigenvalue weighted by Crippen LogP contribution is -2.29.